The molecule has 1 saturated carbocycles. The van der Waals surface area contributed by atoms with E-state index in [0.717, 1.165) is 32.1 Å². The summed E-state index contributed by atoms with van der Waals surface area (Å²) in [6.07, 6.45) is 8.79. The highest BCUT2D eigenvalue weighted by atomic mass is 16.5. The summed E-state index contributed by atoms with van der Waals surface area (Å²) in [7, 11) is 1.66. The first-order valence-electron chi connectivity index (χ1n) is 11.4. The van der Waals surface area contributed by atoms with Crippen LogP contribution in [0, 0.1) is 5.92 Å². The molecule has 2 atom stereocenters. The van der Waals surface area contributed by atoms with E-state index < -0.39 is 6.04 Å². The number of carbonyl (C=O) groups is 4. The molecule has 8 nitrogen and oxygen atoms in total. The van der Waals surface area contributed by atoms with Crippen LogP contribution < -0.4 is 5.32 Å². The van der Waals surface area contributed by atoms with Gasteiger partial charge in [0, 0.05) is 19.2 Å². The highest BCUT2D eigenvalue weighted by Crippen LogP contribution is 2.25. The molecule has 2 rings (SSSR count). The Bertz CT molecular complexity index is 685. The average Bonchev–Trinajstić information content (AvgIpc) is 3.25. The van der Waals surface area contributed by atoms with E-state index in [9.17, 15) is 19.2 Å². The van der Waals surface area contributed by atoms with Gasteiger partial charge in [-0.05, 0) is 51.4 Å². The number of nitrogens with one attached hydrogen (secondary N) is 1. The van der Waals surface area contributed by atoms with E-state index in [1.54, 1.807) is 24.9 Å². The highest BCUT2D eigenvalue weighted by Gasteiger charge is 2.37. The van der Waals surface area contributed by atoms with Gasteiger partial charge in [-0.3, -0.25) is 14.4 Å². The molecule has 1 N–H and O–H groups in total. The summed E-state index contributed by atoms with van der Waals surface area (Å²) < 4.78 is 5.72. The molecule has 174 valence electrons. The molecule has 0 spiro atoms. The lowest BCUT2D eigenvalue weighted by Gasteiger charge is -2.31. The second-order valence-corrected chi connectivity index (χ2v) is 8.94. The van der Waals surface area contributed by atoms with Crippen molar-refractivity contribution in [3.05, 3.63) is 11.6 Å². The topological polar surface area (TPSA) is 96.0 Å². The molecule has 3 amide bonds. The van der Waals surface area contributed by atoms with E-state index in [2.05, 4.69) is 5.32 Å². The number of hydrogen-bond acceptors (Lipinski definition) is 5. The number of likely N-dealkylation sites (tertiary alicyclic amines) is 1. The molecule has 0 bridgehead atoms. The lowest BCUT2D eigenvalue weighted by atomic mass is 9.98. The van der Waals surface area contributed by atoms with Crippen molar-refractivity contribution in [2.75, 3.05) is 20.1 Å². The molecule has 0 aromatic rings. The van der Waals surface area contributed by atoms with Crippen LogP contribution in [0.15, 0.2) is 11.6 Å². The van der Waals surface area contributed by atoms with Gasteiger partial charge in [-0.15, -0.1) is 0 Å². The van der Waals surface area contributed by atoms with Crippen molar-refractivity contribution < 1.29 is 23.9 Å². The van der Waals surface area contributed by atoms with Crippen molar-refractivity contribution in [1.29, 1.82) is 0 Å². The summed E-state index contributed by atoms with van der Waals surface area (Å²) in [5.74, 6) is -0.658. The van der Waals surface area contributed by atoms with Crippen molar-refractivity contribution in [3.8, 4) is 0 Å². The molecule has 1 aliphatic heterocycles. The Morgan fingerprint density at radius 1 is 1.13 bits per heavy atom. The zero-order valence-electron chi connectivity index (χ0n) is 19.3. The van der Waals surface area contributed by atoms with E-state index in [0.29, 0.717) is 24.9 Å². The molecule has 2 unspecified atom stereocenters. The lowest BCUT2D eigenvalue weighted by molar-refractivity contribution is -0.158. The van der Waals surface area contributed by atoms with Crippen LogP contribution in [0.3, 0.4) is 0 Å². The molecule has 31 heavy (non-hydrogen) atoms. The van der Waals surface area contributed by atoms with E-state index >= 15 is 0 Å². The van der Waals surface area contributed by atoms with Gasteiger partial charge in [-0.25, -0.2) is 4.79 Å². The molecule has 1 heterocycles. The number of nitrogens with zero attached hydrogens (tertiary/aromatic N) is 2. The average molecular weight is 436 g/mol. The molecule has 8 heteroatoms. The molecule has 1 aliphatic carbocycles. The number of amides is 3. The van der Waals surface area contributed by atoms with Gasteiger partial charge in [0.2, 0.25) is 18.2 Å². The number of rotatable bonds is 9. The summed E-state index contributed by atoms with van der Waals surface area (Å²) in [6, 6.07) is -0.841. The smallest absolute Gasteiger partial charge is 0.329 e. The van der Waals surface area contributed by atoms with Crippen LogP contribution in [0.4, 0.5) is 0 Å². The van der Waals surface area contributed by atoms with Crippen LogP contribution >= 0.6 is 0 Å². The van der Waals surface area contributed by atoms with Crippen LogP contribution in [0.1, 0.15) is 65.7 Å². The molecular weight excluding hydrogens is 398 g/mol. The van der Waals surface area contributed by atoms with Gasteiger partial charge in [-0.1, -0.05) is 26.3 Å². The Hall–Kier alpha value is -2.38. The Morgan fingerprint density at radius 3 is 2.42 bits per heavy atom. The second-order valence-electron chi connectivity index (χ2n) is 8.94. The molecular formula is C23H37N3O5. The fraction of sp³-hybridized carbons (Fsp3) is 0.739. The molecule has 2 aliphatic rings. The van der Waals surface area contributed by atoms with Crippen LogP contribution in [0.25, 0.3) is 0 Å². The Kier molecular flexibility index (Phi) is 9.52. The number of esters is 1. The third kappa shape index (κ3) is 6.80. The van der Waals surface area contributed by atoms with Crippen LogP contribution in [0.5, 0.6) is 0 Å². The first kappa shape index (κ1) is 24.9. The molecule has 0 aromatic carbocycles. The molecule has 1 saturated heterocycles. The number of likely N-dealkylation sites (N-methyl/N-ethyl adjacent to an activating group) is 1. The predicted octanol–water partition coefficient (Wildman–Crippen LogP) is 2.03. The van der Waals surface area contributed by atoms with Gasteiger partial charge < -0.3 is 19.9 Å². The van der Waals surface area contributed by atoms with Gasteiger partial charge in [0.1, 0.15) is 12.1 Å². The summed E-state index contributed by atoms with van der Waals surface area (Å²) in [6.45, 7) is 6.09. The maximum atomic E-state index is 13.2. The van der Waals surface area contributed by atoms with Gasteiger partial charge in [0.05, 0.1) is 12.6 Å². The van der Waals surface area contributed by atoms with Crippen molar-refractivity contribution >= 4 is 24.2 Å². The standard InChI is InChI=1S/C23H37N3O5/c1-16(2)20(25(4)21(28)14-24-15-27)13-17(3)22(29)26-12-8-11-19(26)23(30)31-18-9-6-5-7-10-18/h13,15-16,18-20H,5-12,14H2,1-4H3,(H,24,27)/b17-13+. The number of carbonyl (C=O) groups excluding carboxylic acids is 4. The second kappa shape index (κ2) is 11.9. The third-order valence-electron chi connectivity index (χ3n) is 6.24. The van der Waals surface area contributed by atoms with Crippen molar-refractivity contribution in [2.45, 2.75) is 83.9 Å². The van der Waals surface area contributed by atoms with E-state index in [1.807, 2.05) is 13.8 Å². The fourth-order valence-electron chi connectivity index (χ4n) is 4.41. The first-order valence-corrected chi connectivity index (χ1v) is 11.4. The van der Waals surface area contributed by atoms with Gasteiger partial charge in [0.15, 0.2) is 0 Å². The van der Waals surface area contributed by atoms with Crippen molar-refractivity contribution in [1.82, 2.24) is 15.1 Å². The minimum atomic E-state index is -0.536. The maximum absolute atomic E-state index is 13.2. The minimum absolute atomic E-state index is 0.0274. The highest BCUT2D eigenvalue weighted by molar-refractivity contribution is 5.96. The number of hydrogen-bond donors (Lipinski definition) is 1. The van der Waals surface area contributed by atoms with Crippen LogP contribution in [0.2, 0.25) is 0 Å². The first-order chi connectivity index (χ1) is 14.8. The molecule has 0 aromatic heterocycles. The van der Waals surface area contributed by atoms with Crippen molar-refractivity contribution in [2.24, 2.45) is 5.92 Å². The Balaban J connectivity index is 2.07. The molecule has 0 radical (unpaired) electrons. The monoisotopic (exact) mass is 435 g/mol. The van der Waals surface area contributed by atoms with Gasteiger partial charge in [-0.2, -0.15) is 0 Å². The maximum Gasteiger partial charge on any atom is 0.329 e. The Morgan fingerprint density at radius 2 is 1.81 bits per heavy atom. The molecule has 2 fully saturated rings. The van der Waals surface area contributed by atoms with Gasteiger partial charge >= 0.3 is 5.97 Å². The Labute approximate surface area is 185 Å². The zero-order chi connectivity index (χ0) is 23.0. The van der Waals surface area contributed by atoms with E-state index in [-0.39, 0.29) is 42.4 Å². The lowest BCUT2D eigenvalue weighted by Crippen LogP contribution is -2.45. The van der Waals surface area contributed by atoms with E-state index in [1.165, 1.54) is 11.3 Å². The summed E-state index contributed by atoms with van der Waals surface area (Å²) in [5, 5.41) is 2.38. The summed E-state index contributed by atoms with van der Waals surface area (Å²) >= 11 is 0. The summed E-state index contributed by atoms with van der Waals surface area (Å²) in [4.78, 5) is 51.9. The minimum Gasteiger partial charge on any atom is -0.461 e. The van der Waals surface area contributed by atoms with Crippen molar-refractivity contribution in [3.63, 3.8) is 0 Å². The zero-order valence-corrected chi connectivity index (χ0v) is 19.3. The van der Waals surface area contributed by atoms with Crippen LogP contribution in [-0.4, -0.2) is 72.3 Å². The normalized spacial score (nSPS) is 21.0. The quantitative estimate of drug-likeness (QED) is 0.340. The fourth-order valence-corrected chi connectivity index (χ4v) is 4.41. The SMILES string of the molecule is C/C(=C\C(C(C)C)N(C)C(=O)CNC=O)C(=O)N1CCCC1C(=O)OC1CCCCC1. The summed E-state index contributed by atoms with van der Waals surface area (Å²) in [5.41, 5.74) is 0.499. The largest absolute Gasteiger partial charge is 0.461 e. The third-order valence-corrected chi connectivity index (χ3v) is 6.24. The van der Waals surface area contributed by atoms with E-state index in [4.69, 9.17) is 4.74 Å². The number of ether oxygens (including phenoxy) is 1. The predicted molar refractivity (Wildman–Crippen MR) is 117 cm³/mol. The van der Waals surface area contributed by atoms with Crippen LogP contribution in [-0.2, 0) is 23.9 Å². The van der Waals surface area contributed by atoms with Gasteiger partial charge in [0.25, 0.3) is 0 Å².